The average molecular weight is 375 g/mol. The van der Waals surface area contributed by atoms with Gasteiger partial charge in [-0.15, -0.1) is 0 Å². The molecule has 0 aliphatic heterocycles. The first-order valence-corrected chi connectivity index (χ1v) is 8.63. The lowest BCUT2D eigenvalue weighted by atomic mass is 10.2. The fourth-order valence-corrected chi connectivity index (χ4v) is 2.42. The van der Waals surface area contributed by atoms with Crippen LogP contribution in [0.25, 0.3) is 0 Å². The highest BCUT2D eigenvalue weighted by molar-refractivity contribution is 5.79. The fourth-order valence-electron chi connectivity index (χ4n) is 2.42. The van der Waals surface area contributed by atoms with Crippen molar-refractivity contribution in [1.82, 2.24) is 10.6 Å². The molecular weight excluding hydrogens is 349 g/mol. The number of rotatable bonds is 8. The van der Waals surface area contributed by atoms with Gasteiger partial charge in [0.15, 0.2) is 17.5 Å². The van der Waals surface area contributed by atoms with E-state index in [2.05, 4.69) is 15.6 Å². The topological polar surface area (TPSA) is 64.1 Å². The number of guanidine groups is 1. The third-order valence-electron chi connectivity index (χ3n) is 3.84. The van der Waals surface area contributed by atoms with Gasteiger partial charge in [0.1, 0.15) is 17.6 Å². The normalized spacial score (nSPS) is 12.3. The predicted molar refractivity (Wildman–Crippen MR) is 104 cm³/mol. The number of nitrogens with one attached hydrogen (secondary N) is 2. The number of nitrogens with zero attached hydrogens (tertiary/aromatic N) is 1. The number of methoxy groups -OCH3 is 2. The van der Waals surface area contributed by atoms with Gasteiger partial charge in [-0.05, 0) is 36.8 Å². The van der Waals surface area contributed by atoms with Crippen LogP contribution in [0.5, 0.6) is 17.2 Å². The molecule has 6 nitrogen and oxygen atoms in total. The second-order valence-corrected chi connectivity index (χ2v) is 5.88. The molecular formula is C20H26FN3O3. The zero-order valence-corrected chi connectivity index (χ0v) is 16.1. The summed E-state index contributed by atoms with van der Waals surface area (Å²) in [6, 6.07) is 12.3. The van der Waals surface area contributed by atoms with Crippen LogP contribution in [-0.4, -0.2) is 39.9 Å². The van der Waals surface area contributed by atoms with Crippen LogP contribution >= 0.6 is 0 Å². The molecule has 27 heavy (non-hydrogen) atoms. The van der Waals surface area contributed by atoms with Gasteiger partial charge in [-0.1, -0.05) is 12.1 Å². The molecule has 2 N–H and O–H groups in total. The lowest BCUT2D eigenvalue weighted by Gasteiger charge is -2.18. The highest BCUT2D eigenvalue weighted by Crippen LogP contribution is 2.20. The van der Waals surface area contributed by atoms with E-state index in [1.165, 1.54) is 13.2 Å². The van der Waals surface area contributed by atoms with Gasteiger partial charge in [-0.2, -0.15) is 0 Å². The van der Waals surface area contributed by atoms with E-state index in [1.807, 2.05) is 31.2 Å². The molecule has 1 unspecified atom stereocenters. The van der Waals surface area contributed by atoms with E-state index < -0.39 is 0 Å². The second kappa shape index (κ2) is 10.3. The average Bonchev–Trinajstić information content (AvgIpc) is 2.68. The largest absolute Gasteiger partial charge is 0.497 e. The summed E-state index contributed by atoms with van der Waals surface area (Å²) in [4.78, 5) is 4.17. The van der Waals surface area contributed by atoms with Crippen LogP contribution in [0.3, 0.4) is 0 Å². The maximum atomic E-state index is 13.7. The van der Waals surface area contributed by atoms with Crippen LogP contribution in [0.2, 0.25) is 0 Å². The molecule has 0 aliphatic rings. The Bertz CT molecular complexity index is 768. The number of hydrogen-bond acceptors (Lipinski definition) is 4. The van der Waals surface area contributed by atoms with E-state index in [1.54, 1.807) is 26.3 Å². The molecule has 2 aromatic carbocycles. The van der Waals surface area contributed by atoms with Crippen LogP contribution in [0.4, 0.5) is 4.39 Å². The predicted octanol–water partition coefficient (Wildman–Crippen LogP) is 2.98. The van der Waals surface area contributed by atoms with Gasteiger partial charge >= 0.3 is 0 Å². The van der Waals surface area contributed by atoms with Gasteiger partial charge in [0.25, 0.3) is 0 Å². The van der Waals surface area contributed by atoms with Gasteiger partial charge in [0.2, 0.25) is 0 Å². The van der Waals surface area contributed by atoms with Gasteiger partial charge in [-0.25, -0.2) is 4.39 Å². The van der Waals surface area contributed by atoms with Crippen LogP contribution in [0, 0.1) is 5.82 Å². The smallest absolute Gasteiger partial charge is 0.191 e. The Morgan fingerprint density at radius 1 is 1.07 bits per heavy atom. The lowest BCUT2D eigenvalue weighted by molar-refractivity contribution is 0.223. The van der Waals surface area contributed by atoms with Gasteiger partial charge in [0, 0.05) is 19.7 Å². The summed E-state index contributed by atoms with van der Waals surface area (Å²) in [5.74, 6) is 1.93. The second-order valence-electron chi connectivity index (χ2n) is 5.88. The van der Waals surface area contributed by atoms with Crippen molar-refractivity contribution in [2.24, 2.45) is 4.99 Å². The Hall–Kier alpha value is -2.96. The van der Waals surface area contributed by atoms with Crippen LogP contribution < -0.4 is 24.8 Å². The minimum absolute atomic E-state index is 0.0888. The van der Waals surface area contributed by atoms with Crippen molar-refractivity contribution < 1.29 is 18.6 Å². The maximum Gasteiger partial charge on any atom is 0.191 e. The lowest BCUT2D eigenvalue weighted by Crippen LogP contribution is -2.41. The standard InChI is InChI=1S/C20H26FN3O3/c1-14(27-17-7-5-6-16(11-17)25-3)12-23-20(22-2)24-13-15-8-9-19(26-4)18(21)10-15/h5-11,14H,12-13H2,1-4H3,(H2,22,23,24). The van der Waals surface area contributed by atoms with E-state index in [9.17, 15) is 4.39 Å². The maximum absolute atomic E-state index is 13.7. The summed E-state index contributed by atoms with van der Waals surface area (Å²) < 4.78 is 29.7. The molecule has 1 atom stereocenters. The Labute approximate surface area is 159 Å². The highest BCUT2D eigenvalue weighted by Gasteiger charge is 2.08. The molecule has 0 amide bonds. The Kier molecular flexibility index (Phi) is 7.73. The zero-order valence-electron chi connectivity index (χ0n) is 16.1. The zero-order chi connectivity index (χ0) is 19.6. The van der Waals surface area contributed by atoms with Crippen molar-refractivity contribution in [2.45, 2.75) is 19.6 Å². The Morgan fingerprint density at radius 2 is 1.85 bits per heavy atom. The fraction of sp³-hybridized carbons (Fsp3) is 0.350. The first kappa shape index (κ1) is 20.4. The van der Waals surface area contributed by atoms with E-state index in [0.717, 1.165) is 17.1 Å². The first-order chi connectivity index (χ1) is 13.0. The summed E-state index contributed by atoms with van der Waals surface area (Å²) in [5.41, 5.74) is 0.789. The van der Waals surface area contributed by atoms with Gasteiger partial charge in [0.05, 0.1) is 20.8 Å². The Balaban J connectivity index is 1.81. The number of aliphatic imine (C=N–C) groups is 1. The number of halogens is 1. The van der Waals surface area contributed by atoms with Crippen molar-refractivity contribution in [1.29, 1.82) is 0 Å². The summed E-state index contributed by atoms with van der Waals surface area (Å²) >= 11 is 0. The molecule has 0 aliphatic carbocycles. The molecule has 146 valence electrons. The van der Waals surface area contributed by atoms with Gasteiger partial charge < -0.3 is 24.8 Å². The molecule has 0 bridgehead atoms. The van der Waals surface area contributed by atoms with Crippen molar-refractivity contribution in [3.05, 3.63) is 53.8 Å². The monoisotopic (exact) mass is 375 g/mol. The molecule has 0 spiro atoms. The summed E-state index contributed by atoms with van der Waals surface area (Å²) in [6.07, 6.45) is -0.0888. The molecule has 7 heteroatoms. The molecule has 0 fully saturated rings. The summed E-state index contributed by atoms with van der Waals surface area (Å²) in [6.45, 7) is 2.94. The Morgan fingerprint density at radius 3 is 2.52 bits per heavy atom. The number of ether oxygens (including phenoxy) is 3. The minimum atomic E-state index is -0.389. The quantitative estimate of drug-likeness (QED) is 0.549. The van der Waals surface area contributed by atoms with E-state index in [-0.39, 0.29) is 17.7 Å². The van der Waals surface area contributed by atoms with E-state index >= 15 is 0 Å². The van der Waals surface area contributed by atoms with Crippen molar-refractivity contribution in [3.63, 3.8) is 0 Å². The van der Waals surface area contributed by atoms with Crippen LogP contribution in [-0.2, 0) is 6.54 Å². The van der Waals surface area contributed by atoms with Crippen molar-refractivity contribution in [3.8, 4) is 17.2 Å². The van der Waals surface area contributed by atoms with Gasteiger partial charge in [-0.3, -0.25) is 4.99 Å². The number of benzene rings is 2. The SMILES string of the molecule is CN=C(NCc1ccc(OC)c(F)c1)NCC(C)Oc1cccc(OC)c1. The summed E-state index contributed by atoms with van der Waals surface area (Å²) in [5, 5.41) is 6.33. The first-order valence-electron chi connectivity index (χ1n) is 8.63. The van der Waals surface area contributed by atoms with E-state index in [0.29, 0.717) is 19.0 Å². The molecule has 2 aromatic rings. The number of hydrogen-bond donors (Lipinski definition) is 2. The molecule has 0 radical (unpaired) electrons. The molecule has 0 saturated heterocycles. The van der Waals surface area contributed by atoms with Crippen molar-refractivity contribution in [2.75, 3.05) is 27.8 Å². The minimum Gasteiger partial charge on any atom is -0.497 e. The summed E-state index contributed by atoms with van der Waals surface area (Å²) in [7, 11) is 4.74. The molecule has 2 rings (SSSR count). The molecule has 0 heterocycles. The highest BCUT2D eigenvalue weighted by atomic mass is 19.1. The molecule has 0 aromatic heterocycles. The van der Waals surface area contributed by atoms with E-state index in [4.69, 9.17) is 14.2 Å². The van der Waals surface area contributed by atoms with Crippen LogP contribution in [0.1, 0.15) is 12.5 Å². The van der Waals surface area contributed by atoms with Crippen molar-refractivity contribution >= 4 is 5.96 Å². The van der Waals surface area contributed by atoms with Crippen LogP contribution in [0.15, 0.2) is 47.5 Å². The third-order valence-corrected chi connectivity index (χ3v) is 3.84. The third kappa shape index (κ3) is 6.36. The molecule has 0 saturated carbocycles.